The summed E-state index contributed by atoms with van der Waals surface area (Å²) >= 11 is 3.36. The summed E-state index contributed by atoms with van der Waals surface area (Å²) in [4.78, 5) is 26.0. The lowest BCUT2D eigenvalue weighted by atomic mass is 9.89. The number of hydrogen-bond acceptors (Lipinski definition) is 2. The molecule has 1 fully saturated rings. The van der Waals surface area contributed by atoms with E-state index in [1.165, 1.54) is 0 Å². The van der Waals surface area contributed by atoms with E-state index in [1.807, 2.05) is 19.1 Å². The Labute approximate surface area is 121 Å². The van der Waals surface area contributed by atoms with Crippen molar-refractivity contribution in [1.29, 1.82) is 0 Å². The minimum absolute atomic E-state index is 0.00274. The Morgan fingerprint density at radius 2 is 2.16 bits per heavy atom. The number of likely N-dealkylation sites (tertiary alicyclic amines) is 1. The highest BCUT2D eigenvalue weighted by atomic mass is 79.9. The van der Waals surface area contributed by atoms with Crippen LogP contribution in [0.15, 0.2) is 28.7 Å². The van der Waals surface area contributed by atoms with Crippen LogP contribution in [0.2, 0.25) is 0 Å². The van der Waals surface area contributed by atoms with Gasteiger partial charge in [0.1, 0.15) is 0 Å². The molecule has 102 valence electrons. The highest BCUT2D eigenvalue weighted by Crippen LogP contribution is 2.31. The first-order chi connectivity index (χ1) is 8.96. The van der Waals surface area contributed by atoms with Crippen LogP contribution >= 0.6 is 15.9 Å². The maximum atomic E-state index is 12.4. The summed E-state index contributed by atoms with van der Waals surface area (Å²) in [5.41, 5.74) is 0.173. The molecule has 1 unspecified atom stereocenters. The van der Waals surface area contributed by atoms with Crippen molar-refractivity contribution in [2.24, 2.45) is 5.41 Å². The summed E-state index contributed by atoms with van der Waals surface area (Å²) in [5, 5.41) is 2.67. The Hall–Kier alpha value is -1.36. The number of carbonyl (C=O) groups excluding carboxylic acids is 2. The zero-order chi connectivity index (χ0) is 14.0. The molecule has 0 aromatic heterocycles. The molecule has 1 atom stereocenters. The van der Waals surface area contributed by atoms with E-state index < -0.39 is 5.41 Å². The Bertz CT molecular complexity index is 518. The van der Waals surface area contributed by atoms with Crippen LogP contribution < -0.4 is 5.32 Å². The molecule has 5 heteroatoms. The van der Waals surface area contributed by atoms with Crippen LogP contribution in [0.1, 0.15) is 23.7 Å². The third-order valence-corrected chi connectivity index (χ3v) is 4.10. The molecule has 0 radical (unpaired) electrons. The molecule has 1 N–H and O–H groups in total. The van der Waals surface area contributed by atoms with E-state index in [9.17, 15) is 9.59 Å². The smallest absolute Gasteiger partial charge is 0.253 e. The SMILES string of the molecule is CNC(=O)C1(C)CCN(C(=O)c2cccc(Br)c2)C1. The van der Waals surface area contributed by atoms with Crippen LogP contribution in [-0.2, 0) is 4.79 Å². The van der Waals surface area contributed by atoms with E-state index in [-0.39, 0.29) is 11.8 Å². The predicted molar refractivity (Wildman–Crippen MR) is 76.8 cm³/mol. The van der Waals surface area contributed by atoms with E-state index in [0.717, 1.165) is 4.47 Å². The van der Waals surface area contributed by atoms with Gasteiger partial charge in [0.15, 0.2) is 0 Å². The zero-order valence-electron chi connectivity index (χ0n) is 11.1. The van der Waals surface area contributed by atoms with Gasteiger partial charge in [-0.15, -0.1) is 0 Å². The van der Waals surface area contributed by atoms with Crippen LogP contribution in [0.4, 0.5) is 0 Å². The summed E-state index contributed by atoms with van der Waals surface area (Å²) in [6.07, 6.45) is 0.701. The molecule has 0 bridgehead atoms. The molecule has 1 aliphatic rings. The summed E-state index contributed by atoms with van der Waals surface area (Å²) < 4.78 is 0.881. The van der Waals surface area contributed by atoms with E-state index in [2.05, 4.69) is 21.2 Å². The third kappa shape index (κ3) is 2.81. The quantitative estimate of drug-likeness (QED) is 0.905. The molecule has 2 amide bonds. The van der Waals surface area contributed by atoms with Gasteiger partial charge in [0, 0.05) is 30.2 Å². The molecule has 1 aromatic rings. The summed E-state index contributed by atoms with van der Waals surface area (Å²) in [7, 11) is 1.63. The second-order valence-corrected chi connectivity index (χ2v) is 6.04. The van der Waals surface area contributed by atoms with Gasteiger partial charge >= 0.3 is 0 Å². The van der Waals surface area contributed by atoms with Crippen molar-refractivity contribution in [3.63, 3.8) is 0 Å². The largest absolute Gasteiger partial charge is 0.359 e. The van der Waals surface area contributed by atoms with Crippen molar-refractivity contribution in [2.75, 3.05) is 20.1 Å². The fourth-order valence-electron chi connectivity index (χ4n) is 2.43. The Morgan fingerprint density at radius 3 is 2.79 bits per heavy atom. The van der Waals surface area contributed by atoms with E-state index in [1.54, 1.807) is 24.1 Å². The Morgan fingerprint density at radius 1 is 1.42 bits per heavy atom. The number of benzene rings is 1. The van der Waals surface area contributed by atoms with Crippen molar-refractivity contribution < 1.29 is 9.59 Å². The van der Waals surface area contributed by atoms with E-state index in [0.29, 0.717) is 25.1 Å². The van der Waals surface area contributed by atoms with Gasteiger partial charge in [-0.05, 0) is 31.5 Å². The average molecular weight is 325 g/mol. The van der Waals surface area contributed by atoms with Gasteiger partial charge in [0.25, 0.3) is 5.91 Å². The summed E-state index contributed by atoms with van der Waals surface area (Å²) in [5.74, 6) is -0.0222. The molecule has 2 rings (SSSR count). The van der Waals surface area contributed by atoms with Gasteiger partial charge in [0.05, 0.1) is 5.41 Å². The molecule has 1 aromatic carbocycles. The van der Waals surface area contributed by atoms with Gasteiger partial charge in [-0.3, -0.25) is 9.59 Å². The maximum Gasteiger partial charge on any atom is 0.253 e. The molecular formula is C14H17BrN2O2. The van der Waals surface area contributed by atoms with Crippen molar-refractivity contribution in [3.05, 3.63) is 34.3 Å². The van der Waals surface area contributed by atoms with Gasteiger partial charge in [0.2, 0.25) is 5.91 Å². The molecule has 1 saturated heterocycles. The van der Waals surface area contributed by atoms with Crippen molar-refractivity contribution in [3.8, 4) is 0 Å². The molecule has 0 spiro atoms. The highest BCUT2D eigenvalue weighted by Gasteiger charge is 2.41. The minimum atomic E-state index is -0.476. The number of nitrogens with one attached hydrogen (secondary N) is 1. The highest BCUT2D eigenvalue weighted by molar-refractivity contribution is 9.10. The minimum Gasteiger partial charge on any atom is -0.359 e. The second kappa shape index (κ2) is 5.33. The Kier molecular flexibility index (Phi) is 3.94. The lowest BCUT2D eigenvalue weighted by molar-refractivity contribution is -0.128. The molecule has 0 saturated carbocycles. The molecule has 0 aliphatic carbocycles. The standard InChI is InChI=1S/C14H17BrN2O2/c1-14(13(19)16-2)6-7-17(9-14)12(18)10-4-3-5-11(15)8-10/h3-5,8H,6-7,9H2,1-2H3,(H,16,19). The van der Waals surface area contributed by atoms with Crippen LogP contribution in [0.5, 0.6) is 0 Å². The topological polar surface area (TPSA) is 49.4 Å². The first kappa shape index (κ1) is 14.1. The van der Waals surface area contributed by atoms with Gasteiger partial charge in [-0.25, -0.2) is 0 Å². The van der Waals surface area contributed by atoms with Gasteiger partial charge in [-0.2, -0.15) is 0 Å². The first-order valence-electron chi connectivity index (χ1n) is 6.23. The number of nitrogens with zero attached hydrogens (tertiary/aromatic N) is 1. The van der Waals surface area contributed by atoms with E-state index >= 15 is 0 Å². The number of halogens is 1. The molecule has 19 heavy (non-hydrogen) atoms. The number of rotatable bonds is 2. The van der Waals surface area contributed by atoms with Crippen molar-refractivity contribution in [2.45, 2.75) is 13.3 Å². The fraction of sp³-hybridized carbons (Fsp3) is 0.429. The van der Waals surface area contributed by atoms with Gasteiger partial charge in [-0.1, -0.05) is 22.0 Å². The maximum absolute atomic E-state index is 12.4. The third-order valence-electron chi connectivity index (χ3n) is 3.61. The average Bonchev–Trinajstić information content (AvgIpc) is 2.81. The van der Waals surface area contributed by atoms with Crippen molar-refractivity contribution in [1.82, 2.24) is 10.2 Å². The van der Waals surface area contributed by atoms with Gasteiger partial charge < -0.3 is 10.2 Å². The van der Waals surface area contributed by atoms with Crippen molar-refractivity contribution >= 4 is 27.7 Å². The predicted octanol–water partition coefficient (Wildman–Crippen LogP) is 2.05. The summed E-state index contributed by atoms with van der Waals surface area (Å²) in [6, 6.07) is 7.32. The second-order valence-electron chi connectivity index (χ2n) is 5.13. The molecule has 1 heterocycles. The summed E-state index contributed by atoms with van der Waals surface area (Å²) in [6.45, 7) is 2.99. The lowest BCUT2D eigenvalue weighted by Gasteiger charge is -2.22. The number of amides is 2. The first-order valence-corrected chi connectivity index (χ1v) is 7.02. The molecule has 1 aliphatic heterocycles. The van der Waals surface area contributed by atoms with Crippen LogP contribution in [0.3, 0.4) is 0 Å². The van der Waals surface area contributed by atoms with Crippen LogP contribution in [-0.4, -0.2) is 36.9 Å². The normalized spacial score (nSPS) is 22.4. The van der Waals surface area contributed by atoms with Crippen LogP contribution in [0, 0.1) is 5.41 Å². The molecular weight excluding hydrogens is 308 g/mol. The Balaban J connectivity index is 2.13. The van der Waals surface area contributed by atoms with Crippen LogP contribution in [0.25, 0.3) is 0 Å². The number of hydrogen-bond donors (Lipinski definition) is 1. The number of carbonyl (C=O) groups is 2. The van der Waals surface area contributed by atoms with E-state index in [4.69, 9.17) is 0 Å². The molecule has 4 nitrogen and oxygen atoms in total. The lowest BCUT2D eigenvalue weighted by Crippen LogP contribution is -2.40. The monoisotopic (exact) mass is 324 g/mol. The fourth-order valence-corrected chi connectivity index (χ4v) is 2.82. The zero-order valence-corrected chi connectivity index (χ0v) is 12.7.